The maximum absolute atomic E-state index is 12.4. The highest BCUT2D eigenvalue weighted by molar-refractivity contribution is 5.96. The summed E-state index contributed by atoms with van der Waals surface area (Å²) < 4.78 is 10.3. The van der Waals surface area contributed by atoms with Crippen LogP contribution >= 0.6 is 0 Å². The molecule has 2 aromatic carbocycles. The van der Waals surface area contributed by atoms with E-state index in [-0.39, 0.29) is 11.1 Å². The lowest BCUT2D eigenvalue weighted by molar-refractivity contribution is 0.336. The molecule has 118 valence electrons. The van der Waals surface area contributed by atoms with Crippen LogP contribution in [0.3, 0.4) is 0 Å². The Labute approximate surface area is 129 Å². The number of methoxy groups -OCH3 is 1. The number of benzene rings is 2. The topological polar surface area (TPSA) is 120 Å². The Balaban J connectivity index is 2.51. The van der Waals surface area contributed by atoms with Crippen LogP contribution in [0.2, 0.25) is 0 Å². The van der Waals surface area contributed by atoms with E-state index in [2.05, 4.69) is 0 Å². The van der Waals surface area contributed by atoms with Gasteiger partial charge in [0, 0.05) is 5.56 Å². The van der Waals surface area contributed by atoms with Crippen molar-refractivity contribution in [1.82, 2.24) is 0 Å². The van der Waals surface area contributed by atoms with Crippen molar-refractivity contribution >= 4 is 11.0 Å². The molecule has 1 heterocycles. The molecule has 0 aliphatic carbocycles. The van der Waals surface area contributed by atoms with Gasteiger partial charge in [-0.2, -0.15) is 0 Å². The van der Waals surface area contributed by atoms with Crippen molar-refractivity contribution in [3.05, 3.63) is 40.6 Å². The summed E-state index contributed by atoms with van der Waals surface area (Å²) >= 11 is 0. The lowest BCUT2D eigenvalue weighted by atomic mass is 10.1. The predicted octanol–water partition coefficient (Wildman–Crippen LogP) is 2.29. The molecule has 0 amide bonds. The fraction of sp³-hybridized carbons (Fsp3) is 0.0625. The highest BCUT2D eigenvalue weighted by Crippen LogP contribution is 2.49. The van der Waals surface area contributed by atoms with Crippen LogP contribution in [0.5, 0.6) is 28.7 Å². The average Bonchev–Trinajstić information content (AvgIpc) is 2.57. The van der Waals surface area contributed by atoms with Crippen molar-refractivity contribution in [3.63, 3.8) is 0 Å². The van der Waals surface area contributed by atoms with Crippen LogP contribution < -0.4 is 10.2 Å². The van der Waals surface area contributed by atoms with Crippen LogP contribution in [0.15, 0.2) is 39.5 Å². The summed E-state index contributed by atoms with van der Waals surface area (Å²) in [5.74, 6) is -3.82. The average molecular weight is 316 g/mol. The van der Waals surface area contributed by atoms with Gasteiger partial charge >= 0.3 is 0 Å². The van der Waals surface area contributed by atoms with Crippen LogP contribution in [-0.4, -0.2) is 27.5 Å². The first-order valence-electron chi connectivity index (χ1n) is 6.53. The summed E-state index contributed by atoms with van der Waals surface area (Å²) in [5.41, 5.74) is -0.915. The Bertz CT molecular complexity index is 958. The fourth-order valence-corrected chi connectivity index (χ4v) is 2.33. The third-order valence-corrected chi connectivity index (χ3v) is 3.43. The summed E-state index contributed by atoms with van der Waals surface area (Å²) in [6.07, 6.45) is 0. The van der Waals surface area contributed by atoms with E-state index < -0.39 is 39.8 Å². The van der Waals surface area contributed by atoms with Crippen LogP contribution in [-0.2, 0) is 0 Å². The van der Waals surface area contributed by atoms with Gasteiger partial charge in [0.1, 0.15) is 5.39 Å². The predicted molar refractivity (Wildman–Crippen MR) is 81.1 cm³/mol. The van der Waals surface area contributed by atoms with E-state index in [1.54, 1.807) is 30.3 Å². The smallest absolute Gasteiger partial charge is 0.239 e. The minimum atomic E-state index is -0.910. The molecule has 7 nitrogen and oxygen atoms in total. The van der Waals surface area contributed by atoms with Crippen molar-refractivity contribution in [2.24, 2.45) is 0 Å². The molecule has 0 atom stereocenters. The largest absolute Gasteiger partial charge is 0.502 e. The quantitative estimate of drug-likeness (QED) is 0.535. The zero-order chi connectivity index (χ0) is 16.7. The molecule has 0 unspecified atom stereocenters. The van der Waals surface area contributed by atoms with E-state index in [4.69, 9.17) is 9.15 Å². The second-order valence-corrected chi connectivity index (χ2v) is 4.76. The molecule has 0 saturated carbocycles. The molecule has 0 spiro atoms. The molecular weight excluding hydrogens is 304 g/mol. The Morgan fingerprint density at radius 1 is 0.913 bits per heavy atom. The second kappa shape index (κ2) is 5.13. The van der Waals surface area contributed by atoms with Crippen molar-refractivity contribution in [1.29, 1.82) is 0 Å². The highest BCUT2D eigenvalue weighted by Gasteiger charge is 2.26. The summed E-state index contributed by atoms with van der Waals surface area (Å²) in [4.78, 5) is 12.4. The third-order valence-electron chi connectivity index (χ3n) is 3.43. The Morgan fingerprint density at radius 2 is 1.57 bits per heavy atom. The van der Waals surface area contributed by atoms with Gasteiger partial charge in [-0.3, -0.25) is 4.79 Å². The van der Waals surface area contributed by atoms with Gasteiger partial charge in [-0.1, -0.05) is 30.3 Å². The maximum Gasteiger partial charge on any atom is 0.239 e. The number of hydrogen-bond donors (Lipinski definition) is 4. The summed E-state index contributed by atoms with van der Waals surface area (Å²) in [6, 6.07) is 8.28. The molecule has 0 radical (unpaired) electrons. The molecule has 7 heteroatoms. The SMILES string of the molecule is COc1c(O)c(O)c(O)c2oc(-c3ccccc3)c(O)c(=O)c12. The van der Waals surface area contributed by atoms with E-state index in [0.717, 1.165) is 7.11 Å². The van der Waals surface area contributed by atoms with Gasteiger partial charge in [0.25, 0.3) is 0 Å². The minimum absolute atomic E-state index is 0.175. The van der Waals surface area contributed by atoms with Gasteiger partial charge in [-0.25, -0.2) is 0 Å². The van der Waals surface area contributed by atoms with E-state index in [1.165, 1.54) is 0 Å². The molecule has 0 saturated heterocycles. The van der Waals surface area contributed by atoms with Crippen LogP contribution in [0, 0.1) is 0 Å². The van der Waals surface area contributed by atoms with Crippen molar-refractivity contribution in [3.8, 4) is 40.1 Å². The number of hydrogen-bond acceptors (Lipinski definition) is 7. The van der Waals surface area contributed by atoms with Gasteiger partial charge < -0.3 is 29.6 Å². The third kappa shape index (κ3) is 2.02. The molecule has 3 rings (SSSR count). The number of rotatable bonds is 2. The summed E-state index contributed by atoms with van der Waals surface area (Å²) in [6.45, 7) is 0. The molecule has 0 aliphatic rings. The number of phenols is 3. The molecule has 0 bridgehead atoms. The second-order valence-electron chi connectivity index (χ2n) is 4.76. The van der Waals surface area contributed by atoms with E-state index in [1.807, 2.05) is 0 Å². The molecule has 1 aromatic heterocycles. The Morgan fingerprint density at radius 3 is 2.17 bits per heavy atom. The standard InChI is InChI=1S/C16H12O7/c1-22-15-8-9(17)11(19)14(7-5-3-2-4-6-7)23-16(8)13(21)10(18)12(15)20/h2-6,18-21H,1H3. The number of phenolic OH excluding ortho intramolecular Hbond substituents is 3. The Hall–Kier alpha value is -3.35. The van der Waals surface area contributed by atoms with Crippen LogP contribution in [0.1, 0.15) is 0 Å². The fourth-order valence-electron chi connectivity index (χ4n) is 2.33. The van der Waals surface area contributed by atoms with E-state index >= 15 is 0 Å². The van der Waals surface area contributed by atoms with Gasteiger partial charge in [-0.05, 0) is 0 Å². The van der Waals surface area contributed by atoms with Crippen molar-refractivity contribution in [2.75, 3.05) is 7.11 Å². The summed E-state index contributed by atoms with van der Waals surface area (Å²) in [7, 11) is 1.16. The van der Waals surface area contributed by atoms with Gasteiger partial charge in [-0.15, -0.1) is 0 Å². The first-order chi connectivity index (χ1) is 11.0. The van der Waals surface area contributed by atoms with Crippen molar-refractivity contribution in [2.45, 2.75) is 0 Å². The Kier molecular flexibility index (Phi) is 3.25. The van der Waals surface area contributed by atoms with E-state index in [9.17, 15) is 25.2 Å². The molecule has 23 heavy (non-hydrogen) atoms. The van der Waals surface area contributed by atoms with E-state index in [0.29, 0.717) is 5.56 Å². The minimum Gasteiger partial charge on any atom is -0.502 e. The number of fused-ring (bicyclic) bond motifs is 1. The summed E-state index contributed by atoms with van der Waals surface area (Å²) in [5, 5.41) is 39.2. The lowest BCUT2D eigenvalue weighted by Gasteiger charge is -2.12. The van der Waals surface area contributed by atoms with Crippen molar-refractivity contribution < 1.29 is 29.6 Å². The van der Waals surface area contributed by atoms with Crippen LogP contribution in [0.4, 0.5) is 0 Å². The molecule has 4 N–H and O–H groups in total. The first kappa shape index (κ1) is 14.6. The zero-order valence-corrected chi connectivity index (χ0v) is 11.9. The first-order valence-corrected chi connectivity index (χ1v) is 6.53. The van der Waals surface area contributed by atoms with Gasteiger partial charge in [0.05, 0.1) is 7.11 Å². The monoisotopic (exact) mass is 316 g/mol. The molecule has 0 fully saturated rings. The number of ether oxygens (including phenoxy) is 1. The van der Waals surface area contributed by atoms with Crippen LogP contribution in [0.25, 0.3) is 22.3 Å². The van der Waals surface area contributed by atoms with Gasteiger partial charge in [0.15, 0.2) is 17.1 Å². The number of aromatic hydroxyl groups is 4. The molecular formula is C16H12O7. The lowest BCUT2D eigenvalue weighted by Crippen LogP contribution is -2.05. The highest BCUT2D eigenvalue weighted by atomic mass is 16.5. The normalized spacial score (nSPS) is 10.8. The molecule has 3 aromatic rings. The van der Waals surface area contributed by atoms with Gasteiger partial charge in [0.2, 0.25) is 28.4 Å². The zero-order valence-electron chi connectivity index (χ0n) is 11.9. The maximum atomic E-state index is 12.4. The molecule has 0 aliphatic heterocycles.